The van der Waals surface area contributed by atoms with Crippen LogP contribution in [0.2, 0.25) is 0 Å². The average molecular weight is 144 g/mol. The van der Waals surface area contributed by atoms with E-state index in [0.717, 1.165) is 17.1 Å². The fraction of sp³-hybridized carbons (Fsp3) is 0.875. The summed E-state index contributed by atoms with van der Waals surface area (Å²) in [5, 5.41) is 0.907. The summed E-state index contributed by atoms with van der Waals surface area (Å²) in [6, 6.07) is 0. The number of rotatable bonds is 1. The third kappa shape index (κ3) is 1.21. The molecule has 0 aliphatic carbocycles. The van der Waals surface area contributed by atoms with Crippen molar-refractivity contribution in [2.24, 2.45) is 11.8 Å². The molecule has 3 atom stereocenters. The highest BCUT2D eigenvalue weighted by Gasteiger charge is 2.31. The summed E-state index contributed by atoms with van der Waals surface area (Å²) < 4.78 is 0. The molecule has 0 amide bonds. The van der Waals surface area contributed by atoms with Crippen molar-refractivity contribution in [1.82, 2.24) is 0 Å². The maximum absolute atomic E-state index is 4.09. The third-order valence-corrected chi connectivity index (χ3v) is 4.61. The topological polar surface area (TPSA) is 0 Å². The summed E-state index contributed by atoms with van der Waals surface area (Å²) in [6.45, 7) is 6.97. The van der Waals surface area contributed by atoms with E-state index in [1.165, 1.54) is 5.75 Å². The van der Waals surface area contributed by atoms with Gasteiger partial charge in [0.1, 0.15) is 0 Å². The van der Waals surface area contributed by atoms with Crippen LogP contribution >= 0.6 is 10.5 Å². The van der Waals surface area contributed by atoms with Crippen LogP contribution < -0.4 is 0 Å². The fourth-order valence-electron chi connectivity index (χ4n) is 1.39. The van der Waals surface area contributed by atoms with Gasteiger partial charge in [0.25, 0.3) is 0 Å². The molecule has 0 radical (unpaired) electrons. The Hall–Kier alpha value is 0.220. The van der Waals surface area contributed by atoms with Crippen molar-refractivity contribution in [3.8, 4) is 0 Å². The van der Waals surface area contributed by atoms with Crippen LogP contribution in [0.25, 0.3) is 0 Å². The molecule has 54 valence electrons. The van der Waals surface area contributed by atoms with Gasteiger partial charge in [0.15, 0.2) is 0 Å². The highest BCUT2D eigenvalue weighted by Crippen LogP contribution is 2.43. The molecule has 1 aliphatic rings. The normalized spacial score (nSPS) is 42.9. The van der Waals surface area contributed by atoms with Crippen molar-refractivity contribution in [2.75, 3.05) is 5.75 Å². The SMILES string of the molecule is C=S1CC(C(C)C)C1C. The summed E-state index contributed by atoms with van der Waals surface area (Å²) in [5.41, 5.74) is 0. The average Bonchev–Trinajstić information content (AvgIpc) is 1.81. The van der Waals surface area contributed by atoms with Crippen molar-refractivity contribution in [1.29, 1.82) is 0 Å². The fourth-order valence-corrected chi connectivity index (χ4v) is 3.41. The van der Waals surface area contributed by atoms with Gasteiger partial charge >= 0.3 is 0 Å². The summed E-state index contributed by atoms with van der Waals surface area (Å²) in [7, 11) is 0.513. The van der Waals surface area contributed by atoms with Crippen LogP contribution in [0.1, 0.15) is 20.8 Å². The lowest BCUT2D eigenvalue weighted by molar-refractivity contribution is 0.399. The number of hydrogen-bond acceptors (Lipinski definition) is 0. The number of hydrogen-bond donors (Lipinski definition) is 0. The van der Waals surface area contributed by atoms with Gasteiger partial charge in [-0.3, -0.25) is 0 Å². The zero-order chi connectivity index (χ0) is 7.02. The minimum Gasteiger partial charge on any atom is -0.190 e. The first-order chi connectivity index (χ1) is 4.13. The molecule has 0 spiro atoms. The Labute approximate surface area is 60.6 Å². The molecule has 1 aliphatic heterocycles. The minimum atomic E-state index is 0.513. The van der Waals surface area contributed by atoms with Gasteiger partial charge < -0.3 is 0 Å². The molecular weight excluding hydrogens is 128 g/mol. The van der Waals surface area contributed by atoms with Crippen LogP contribution in [0.4, 0.5) is 0 Å². The van der Waals surface area contributed by atoms with Gasteiger partial charge in [0.2, 0.25) is 0 Å². The molecule has 0 saturated carbocycles. The Kier molecular flexibility index (Phi) is 2.00. The highest BCUT2D eigenvalue weighted by atomic mass is 32.2. The van der Waals surface area contributed by atoms with Crippen LogP contribution in [-0.4, -0.2) is 16.9 Å². The molecule has 3 unspecified atom stereocenters. The van der Waals surface area contributed by atoms with Crippen LogP contribution in [0.15, 0.2) is 0 Å². The Morgan fingerprint density at radius 2 is 2.11 bits per heavy atom. The second kappa shape index (κ2) is 2.45. The van der Waals surface area contributed by atoms with Gasteiger partial charge in [0, 0.05) is 5.25 Å². The van der Waals surface area contributed by atoms with E-state index < -0.39 is 0 Å². The van der Waals surface area contributed by atoms with Gasteiger partial charge in [0.05, 0.1) is 0 Å². The van der Waals surface area contributed by atoms with Gasteiger partial charge in [-0.25, -0.2) is 0 Å². The van der Waals surface area contributed by atoms with Crippen LogP contribution in [0, 0.1) is 11.8 Å². The molecule has 1 heterocycles. The van der Waals surface area contributed by atoms with E-state index >= 15 is 0 Å². The lowest BCUT2D eigenvalue weighted by Gasteiger charge is -2.40. The predicted octanol–water partition coefficient (Wildman–Crippen LogP) is 2.36. The van der Waals surface area contributed by atoms with Gasteiger partial charge in [-0.2, -0.15) is 10.5 Å². The van der Waals surface area contributed by atoms with Gasteiger partial charge in [-0.1, -0.05) is 26.6 Å². The molecule has 1 heteroatoms. The molecule has 9 heavy (non-hydrogen) atoms. The van der Waals surface area contributed by atoms with Crippen LogP contribution in [0.5, 0.6) is 0 Å². The Balaban J connectivity index is 2.42. The van der Waals surface area contributed by atoms with Gasteiger partial charge in [-0.05, 0) is 17.6 Å². The van der Waals surface area contributed by atoms with Crippen molar-refractivity contribution in [3.63, 3.8) is 0 Å². The first-order valence-electron chi connectivity index (χ1n) is 3.62. The molecule has 0 aromatic carbocycles. The quantitative estimate of drug-likeness (QED) is 0.496. The molecule has 1 rings (SSSR count). The molecule has 1 saturated heterocycles. The van der Waals surface area contributed by atoms with E-state index in [1.54, 1.807) is 0 Å². The monoisotopic (exact) mass is 144 g/mol. The molecule has 1 fully saturated rings. The van der Waals surface area contributed by atoms with E-state index in [9.17, 15) is 0 Å². The minimum absolute atomic E-state index is 0.513. The molecule has 0 aromatic rings. The molecule has 0 aromatic heterocycles. The largest absolute Gasteiger partial charge is 0.190 e. The summed E-state index contributed by atoms with van der Waals surface area (Å²) in [6.07, 6.45) is 0. The zero-order valence-electron chi connectivity index (χ0n) is 6.55. The van der Waals surface area contributed by atoms with E-state index in [-0.39, 0.29) is 0 Å². The second-order valence-corrected chi connectivity index (χ2v) is 5.47. The zero-order valence-corrected chi connectivity index (χ0v) is 7.37. The molecule has 0 nitrogen and oxygen atoms in total. The Morgan fingerprint density at radius 3 is 2.22 bits per heavy atom. The predicted molar refractivity (Wildman–Crippen MR) is 47.4 cm³/mol. The van der Waals surface area contributed by atoms with Crippen molar-refractivity contribution >= 4 is 16.4 Å². The lowest BCUT2D eigenvalue weighted by Crippen LogP contribution is -2.34. The van der Waals surface area contributed by atoms with Crippen LogP contribution in [-0.2, 0) is 0 Å². The molecule has 0 bridgehead atoms. The van der Waals surface area contributed by atoms with E-state index in [4.69, 9.17) is 0 Å². The maximum Gasteiger partial charge on any atom is 0.000217 e. The highest BCUT2D eigenvalue weighted by molar-refractivity contribution is 8.15. The van der Waals surface area contributed by atoms with Crippen molar-refractivity contribution in [2.45, 2.75) is 26.0 Å². The van der Waals surface area contributed by atoms with E-state index in [0.29, 0.717) is 10.5 Å². The Bertz CT molecular complexity index is 127. The smallest absolute Gasteiger partial charge is 0.000217 e. The summed E-state index contributed by atoms with van der Waals surface area (Å²) in [5.74, 6) is 7.33. The first kappa shape index (κ1) is 7.33. The Morgan fingerprint density at radius 1 is 1.56 bits per heavy atom. The van der Waals surface area contributed by atoms with E-state index in [1.807, 2.05) is 0 Å². The molecule has 0 N–H and O–H groups in total. The maximum atomic E-state index is 4.09. The van der Waals surface area contributed by atoms with Gasteiger partial charge in [-0.15, -0.1) is 0 Å². The van der Waals surface area contributed by atoms with Crippen LogP contribution in [0.3, 0.4) is 0 Å². The third-order valence-electron chi connectivity index (χ3n) is 2.39. The van der Waals surface area contributed by atoms with Crippen molar-refractivity contribution < 1.29 is 0 Å². The standard InChI is InChI=1S/C8H16S/c1-6(2)8-5-9(4)7(8)3/h6-8H,4-5H2,1-3H3. The molecular formula is C8H16S. The van der Waals surface area contributed by atoms with Crippen molar-refractivity contribution in [3.05, 3.63) is 0 Å². The lowest BCUT2D eigenvalue weighted by atomic mass is 9.94. The van der Waals surface area contributed by atoms with E-state index in [2.05, 4.69) is 26.6 Å². The summed E-state index contributed by atoms with van der Waals surface area (Å²) in [4.78, 5) is 0. The first-order valence-corrected chi connectivity index (χ1v) is 5.25. The summed E-state index contributed by atoms with van der Waals surface area (Å²) >= 11 is 0. The second-order valence-electron chi connectivity index (χ2n) is 3.32.